The van der Waals surface area contributed by atoms with Crippen molar-refractivity contribution in [1.29, 1.82) is 0 Å². The van der Waals surface area contributed by atoms with E-state index in [1.165, 1.54) is 0 Å². The fourth-order valence-electron chi connectivity index (χ4n) is 2.03. The molecular weight excluding hydrogens is 292 g/mol. The lowest BCUT2D eigenvalue weighted by Crippen LogP contribution is -2.19. The van der Waals surface area contributed by atoms with Crippen molar-refractivity contribution in [2.45, 2.75) is 53.6 Å². The van der Waals surface area contributed by atoms with Crippen LogP contribution in [-0.2, 0) is 9.47 Å². The Labute approximate surface area is 139 Å². The Bertz CT molecular complexity index is 520. The first-order valence-electron chi connectivity index (χ1n) is 8.28. The Hall–Kier alpha value is -1.84. The summed E-state index contributed by atoms with van der Waals surface area (Å²) >= 11 is 0. The topological polar surface area (TPSA) is 52.6 Å². The Morgan fingerprint density at radius 3 is 1.96 bits per heavy atom. The highest BCUT2D eigenvalue weighted by atomic mass is 16.5. The molecule has 0 saturated heterocycles. The minimum atomic E-state index is -0.485. The van der Waals surface area contributed by atoms with E-state index in [2.05, 4.69) is 13.8 Å². The number of carbonyl (C=O) groups excluding carboxylic acids is 2. The molecule has 0 saturated carbocycles. The third-order valence-corrected chi connectivity index (χ3v) is 3.37. The van der Waals surface area contributed by atoms with Crippen LogP contribution in [0.5, 0.6) is 0 Å². The van der Waals surface area contributed by atoms with Crippen LogP contribution in [0.3, 0.4) is 0 Å². The van der Waals surface area contributed by atoms with Gasteiger partial charge in [-0.3, -0.25) is 0 Å². The van der Waals surface area contributed by atoms with Gasteiger partial charge in [0.05, 0.1) is 23.8 Å². The molecule has 1 aromatic carbocycles. The van der Waals surface area contributed by atoms with Gasteiger partial charge in [0.2, 0.25) is 0 Å². The van der Waals surface area contributed by atoms with Crippen LogP contribution < -0.4 is 0 Å². The first-order chi connectivity index (χ1) is 10.8. The zero-order valence-corrected chi connectivity index (χ0v) is 14.8. The van der Waals surface area contributed by atoms with Gasteiger partial charge in [0.25, 0.3) is 0 Å². The molecule has 4 nitrogen and oxygen atoms in total. The van der Waals surface area contributed by atoms with Crippen molar-refractivity contribution in [3.05, 3.63) is 35.4 Å². The molecule has 0 fully saturated rings. The van der Waals surface area contributed by atoms with Gasteiger partial charge in [-0.1, -0.05) is 39.8 Å². The molecule has 23 heavy (non-hydrogen) atoms. The van der Waals surface area contributed by atoms with E-state index in [-0.39, 0.29) is 23.1 Å². The molecule has 0 aromatic heterocycles. The predicted octanol–water partition coefficient (Wildman–Crippen LogP) is 4.48. The number of hydrogen-bond acceptors (Lipinski definition) is 4. The van der Waals surface area contributed by atoms with Crippen LogP contribution in [0.2, 0.25) is 0 Å². The number of benzene rings is 1. The van der Waals surface area contributed by atoms with Crippen LogP contribution in [0.25, 0.3) is 0 Å². The van der Waals surface area contributed by atoms with Gasteiger partial charge in [0, 0.05) is 0 Å². The van der Waals surface area contributed by atoms with Gasteiger partial charge in [0.1, 0.15) is 0 Å². The van der Waals surface area contributed by atoms with E-state index in [0.29, 0.717) is 12.5 Å². The molecular formula is C19H28O4. The molecule has 1 rings (SSSR count). The summed E-state index contributed by atoms with van der Waals surface area (Å²) in [6.07, 6.45) is 1.63. The van der Waals surface area contributed by atoms with Crippen LogP contribution in [0.15, 0.2) is 24.3 Å². The van der Waals surface area contributed by atoms with Crippen LogP contribution in [0.1, 0.15) is 68.2 Å². The number of esters is 2. The second-order valence-corrected chi connectivity index (χ2v) is 6.73. The minimum absolute atomic E-state index is 0.176. The van der Waals surface area contributed by atoms with Crippen molar-refractivity contribution in [2.24, 2.45) is 11.8 Å². The largest absolute Gasteiger partial charge is 0.462 e. The van der Waals surface area contributed by atoms with E-state index < -0.39 is 11.9 Å². The minimum Gasteiger partial charge on any atom is -0.462 e. The molecule has 0 heterocycles. The van der Waals surface area contributed by atoms with Crippen molar-refractivity contribution in [3.63, 3.8) is 0 Å². The summed E-state index contributed by atoms with van der Waals surface area (Å²) in [7, 11) is 0. The molecule has 1 unspecified atom stereocenters. The van der Waals surface area contributed by atoms with E-state index in [9.17, 15) is 9.59 Å². The van der Waals surface area contributed by atoms with Crippen molar-refractivity contribution in [2.75, 3.05) is 6.61 Å². The predicted molar refractivity (Wildman–Crippen MR) is 90.5 cm³/mol. The van der Waals surface area contributed by atoms with Crippen LogP contribution in [0.4, 0.5) is 0 Å². The Balaban J connectivity index is 2.75. The molecule has 1 atom stereocenters. The van der Waals surface area contributed by atoms with E-state index >= 15 is 0 Å². The molecule has 0 N–H and O–H groups in total. The van der Waals surface area contributed by atoms with Gasteiger partial charge in [-0.05, 0) is 43.7 Å². The van der Waals surface area contributed by atoms with Crippen LogP contribution in [0, 0.1) is 11.8 Å². The highest BCUT2D eigenvalue weighted by Gasteiger charge is 2.20. The molecule has 0 bridgehead atoms. The summed E-state index contributed by atoms with van der Waals surface area (Å²) < 4.78 is 10.7. The van der Waals surface area contributed by atoms with E-state index in [4.69, 9.17) is 9.47 Å². The second kappa shape index (κ2) is 9.33. The summed E-state index contributed by atoms with van der Waals surface area (Å²) in [5.74, 6) is -0.150. The molecule has 0 amide bonds. The number of hydrogen-bond donors (Lipinski definition) is 0. The normalized spacial score (nSPS) is 12.3. The van der Waals surface area contributed by atoms with Crippen LogP contribution >= 0.6 is 0 Å². The average Bonchev–Trinajstić information content (AvgIpc) is 2.50. The summed E-state index contributed by atoms with van der Waals surface area (Å²) in [6, 6.07) is 6.63. The smallest absolute Gasteiger partial charge is 0.339 e. The molecule has 1 aromatic rings. The zero-order valence-electron chi connectivity index (χ0n) is 14.8. The lowest BCUT2D eigenvalue weighted by atomic mass is 10.1. The van der Waals surface area contributed by atoms with Gasteiger partial charge in [-0.25, -0.2) is 9.59 Å². The molecule has 0 aliphatic rings. The van der Waals surface area contributed by atoms with E-state index in [0.717, 1.165) is 12.8 Å². The average molecular weight is 320 g/mol. The van der Waals surface area contributed by atoms with Crippen molar-refractivity contribution < 1.29 is 19.1 Å². The van der Waals surface area contributed by atoms with Gasteiger partial charge in [0.15, 0.2) is 0 Å². The van der Waals surface area contributed by atoms with Gasteiger partial charge in [-0.2, -0.15) is 0 Å². The first kappa shape index (κ1) is 19.2. The Morgan fingerprint density at radius 2 is 1.43 bits per heavy atom. The maximum absolute atomic E-state index is 12.3. The van der Waals surface area contributed by atoms with E-state index in [1.54, 1.807) is 24.3 Å². The van der Waals surface area contributed by atoms with E-state index in [1.807, 2.05) is 20.8 Å². The maximum atomic E-state index is 12.3. The zero-order chi connectivity index (χ0) is 17.4. The van der Waals surface area contributed by atoms with Crippen molar-refractivity contribution >= 4 is 11.9 Å². The molecule has 4 heteroatoms. The van der Waals surface area contributed by atoms with Crippen molar-refractivity contribution in [1.82, 2.24) is 0 Å². The van der Waals surface area contributed by atoms with Gasteiger partial charge < -0.3 is 9.47 Å². The third kappa shape index (κ3) is 6.85. The Morgan fingerprint density at radius 1 is 0.870 bits per heavy atom. The summed E-state index contributed by atoms with van der Waals surface area (Å²) in [5, 5.41) is 0. The van der Waals surface area contributed by atoms with Crippen molar-refractivity contribution in [3.8, 4) is 0 Å². The van der Waals surface area contributed by atoms with Crippen LogP contribution in [-0.4, -0.2) is 24.6 Å². The van der Waals surface area contributed by atoms with Gasteiger partial charge in [-0.15, -0.1) is 0 Å². The molecule has 0 spiro atoms. The highest BCUT2D eigenvalue weighted by Crippen LogP contribution is 2.16. The number of rotatable bonds is 8. The fraction of sp³-hybridized carbons (Fsp3) is 0.579. The quantitative estimate of drug-likeness (QED) is 0.663. The molecule has 0 aliphatic heterocycles. The molecule has 0 radical (unpaired) electrons. The summed E-state index contributed by atoms with van der Waals surface area (Å²) in [4.78, 5) is 24.5. The second-order valence-electron chi connectivity index (χ2n) is 6.73. The third-order valence-electron chi connectivity index (χ3n) is 3.37. The number of carbonyl (C=O) groups is 2. The summed E-state index contributed by atoms with van der Waals surface area (Å²) in [6.45, 7) is 10.4. The lowest BCUT2D eigenvalue weighted by Gasteiger charge is -2.16. The van der Waals surface area contributed by atoms with Gasteiger partial charge >= 0.3 is 11.9 Å². The maximum Gasteiger partial charge on any atom is 0.339 e. The number of ether oxygens (including phenoxy) is 2. The molecule has 0 aliphatic carbocycles. The first-order valence-corrected chi connectivity index (χ1v) is 8.28. The standard InChI is InChI=1S/C19H28O4/c1-13(2)10-11-15(5)23-19(21)17-9-7-6-8-16(17)18(20)22-12-14(3)4/h6-9,13-15H,10-12H2,1-5H3. The lowest BCUT2D eigenvalue weighted by molar-refractivity contribution is 0.0299. The fourth-order valence-corrected chi connectivity index (χ4v) is 2.03. The molecule has 128 valence electrons. The Kier molecular flexibility index (Phi) is 7.79. The SMILES string of the molecule is CC(C)CCC(C)OC(=O)c1ccccc1C(=O)OCC(C)C. The highest BCUT2D eigenvalue weighted by molar-refractivity contribution is 6.03. The summed E-state index contributed by atoms with van der Waals surface area (Å²) in [5.41, 5.74) is 0.520. The monoisotopic (exact) mass is 320 g/mol.